The number of rotatable bonds is 8. The Bertz CT molecular complexity index is 584. The summed E-state index contributed by atoms with van der Waals surface area (Å²) in [4.78, 5) is 0. The molecule has 2 aromatic carbocycles. The number of hydrogen-bond donors (Lipinski definition) is 0. The molecule has 0 amide bonds. The molecule has 2 aromatic rings. The van der Waals surface area contributed by atoms with E-state index < -0.39 is 0 Å². The molecular formula is C18H22O5. The molecule has 0 radical (unpaired) electrons. The van der Waals surface area contributed by atoms with Crippen molar-refractivity contribution in [3.63, 3.8) is 0 Å². The van der Waals surface area contributed by atoms with E-state index in [0.29, 0.717) is 47.7 Å². The number of methoxy groups -OCH3 is 2. The fraction of sp³-hybridized carbons (Fsp3) is 0.333. The molecule has 0 aliphatic rings. The van der Waals surface area contributed by atoms with Crippen molar-refractivity contribution in [2.45, 2.75) is 13.8 Å². The molecule has 0 aliphatic heterocycles. The first-order chi connectivity index (χ1) is 11.2. The molecule has 0 atom stereocenters. The molecule has 0 spiro atoms. The number of ether oxygens (including phenoxy) is 5. The van der Waals surface area contributed by atoms with Gasteiger partial charge in [-0.3, -0.25) is 0 Å². The minimum Gasteiger partial charge on any atom is -0.493 e. The minimum atomic E-state index is 0.488. The van der Waals surface area contributed by atoms with Crippen LogP contribution < -0.4 is 23.7 Å². The molecule has 5 nitrogen and oxygen atoms in total. The lowest BCUT2D eigenvalue weighted by Crippen LogP contribution is -2.01. The van der Waals surface area contributed by atoms with Crippen molar-refractivity contribution in [2.75, 3.05) is 27.4 Å². The maximum Gasteiger partial charge on any atom is 0.211 e. The van der Waals surface area contributed by atoms with Gasteiger partial charge in [0.15, 0.2) is 23.0 Å². The average molecular weight is 318 g/mol. The van der Waals surface area contributed by atoms with Gasteiger partial charge in [0.05, 0.1) is 27.4 Å². The topological polar surface area (TPSA) is 46.2 Å². The molecular weight excluding hydrogens is 296 g/mol. The first kappa shape index (κ1) is 16.8. The Morgan fingerprint density at radius 3 is 1.39 bits per heavy atom. The van der Waals surface area contributed by atoms with Gasteiger partial charge in [-0.05, 0) is 38.1 Å². The van der Waals surface area contributed by atoms with Crippen LogP contribution in [0.2, 0.25) is 0 Å². The van der Waals surface area contributed by atoms with E-state index in [2.05, 4.69) is 0 Å². The van der Waals surface area contributed by atoms with Gasteiger partial charge in [-0.1, -0.05) is 12.1 Å². The summed E-state index contributed by atoms with van der Waals surface area (Å²) < 4.78 is 28.1. The Morgan fingerprint density at radius 2 is 1.04 bits per heavy atom. The van der Waals surface area contributed by atoms with Crippen molar-refractivity contribution >= 4 is 0 Å². The second-order valence-corrected chi connectivity index (χ2v) is 4.54. The molecule has 0 unspecified atom stereocenters. The summed E-state index contributed by atoms with van der Waals surface area (Å²) in [6, 6.07) is 11.0. The van der Waals surface area contributed by atoms with Gasteiger partial charge in [0.2, 0.25) is 11.5 Å². The minimum absolute atomic E-state index is 0.488. The van der Waals surface area contributed by atoms with Crippen LogP contribution in [0.25, 0.3) is 0 Å². The zero-order chi connectivity index (χ0) is 16.7. The van der Waals surface area contributed by atoms with Crippen LogP contribution in [0, 0.1) is 0 Å². The van der Waals surface area contributed by atoms with Crippen molar-refractivity contribution in [1.82, 2.24) is 0 Å². The van der Waals surface area contributed by atoms with Crippen LogP contribution in [0.3, 0.4) is 0 Å². The van der Waals surface area contributed by atoms with Crippen LogP contribution in [-0.2, 0) is 0 Å². The lowest BCUT2D eigenvalue weighted by Gasteiger charge is -2.18. The SMILES string of the molecule is CCOc1cccc(OC)c1Oc1c(OC)cccc1OCC. The van der Waals surface area contributed by atoms with Crippen molar-refractivity contribution < 1.29 is 23.7 Å². The Hall–Kier alpha value is -2.56. The molecule has 0 saturated heterocycles. The van der Waals surface area contributed by atoms with E-state index in [4.69, 9.17) is 23.7 Å². The number of hydrogen-bond acceptors (Lipinski definition) is 5. The van der Waals surface area contributed by atoms with E-state index in [0.717, 1.165) is 0 Å². The molecule has 0 aromatic heterocycles. The quantitative estimate of drug-likeness (QED) is 0.726. The lowest BCUT2D eigenvalue weighted by atomic mass is 10.2. The molecule has 0 bridgehead atoms. The van der Waals surface area contributed by atoms with Crippen molar-refractivity contribution in [2.24, 2.45) is 0 Å². The van der Waals surface area contributed by atoms with Crippen LogP contribution in [0.5, 0.6) is 34.5 Å². The molecule has 0 fully saturated rings. The Balaban J connectivity index is 2.50. The third kappa shape index (κ3) is 3.80. The number of para-hydroxylation sites is 2. The third-order valence-electron chi connectivity index (χ3n) is 3.13. The highest BCUT2D eigenvalue weighted by Crippen LogP contribution is 2.46. The zero-order valence-electron chi connectivity index (χ0n) is 13.9. The summed E-state index contributed by atoms with van der Waals surface area (Å²) >= 11 is 0. The van der Waals surface area contributed by atoms with Crippen molar-refractivity contribution in [3.05, 3.63) is 36.4 Å². The second kappa shape index (κ2) is 8.17. The van der Waals surface area contributed by atoms with Gasteiger partial charge in [0.1, 0.15) is 0 Å². The lowest BCUT2D eigenvalue weighted by molar-refractivity contribution is 0.286. The molecule has 23 heavy (non-hydrogen) atoms. The van der Waals surface area contributed by atoms with Gasteiger partial charge < -0.3 is 23.7 Å². The van der Waals surface area contributed by atoms with Gasteiger partial charge >= 0.3 is 0 Å². The summed E-state index contributed by atoms with van der Waals surface area (Å²) in [5.41, 5.74) is 0. The van der Waals surface area contributed by atoms with E-state index in [1.807, 2.05) is 50.2 Å². The monoisotopic (exact) mass is 318 g/mol. The van der Waals surface area contributed by atoms with Crippen molar-refractivity contribution in [1.29, 1.82) is 0 Å². The van der Waals surface area contributed by atoms with Crippen LogP contribution >= 0.6 is 0 Å². The molecule has 0 heterocycles. The maximum atomic E-state index is 6.09. The van der Waals surface area contributed by atoms with E-state index >= 15 is 0 Å². The summed E-state index contributed by atoms with van der Waals surface area (Å²) in [6.07, 6.45) is 0. The Morgan fingerprint density at radius 1 is 0.652 bits per heavy atom. The standard InChI is InChI=1S/C18H22O5/c1-5-21-15-11-7-9-13(19-3)17(15)23-18-14(20-4)10-8-12-16(18)22-6-2/h7-12H,5-6H2,1-4H3. The van der Waals surface area contributed by atoms with Gasteiger partial charge in [-0.25, -0.2) is 0 Å². The summed E-state index contributed by atoms with van der Waals surface area (Å²) in [7, 11) is 3.17. The van der Waals surface area contributed by atoms with E-state index in [1.54, 1.807) is 14.2 Å². The molecule has 0 N–H and O–H groups in total. The van der Waals surface area contributed by atoms with Gasteiger partial charge in [-0.15, -0.1) is 0 Å². The summed E-state index contributed by atoms with van der Waals surface area (Å²) in [5.74, 6) is 3.32. The highest BCUT2D eigenvalue weighted by molar-refractivity contribution is 5.58. The first-order valence-corrected chi connectivity index (χ1v) is 7.52. The normalized spacial score (nSPS) is 10.1. The predicted molar refractivity (Wildman–Crippen MR) is 88.4 cm³/mol. The predicted octanol–water partition coefficient (Wildman–Crippen LogP) is 4.29. The molecule has 124 valence electrons. The van der Waals surface area contributed by atoms with Crippen LogP contribution in [-0.4, -0.2) is 27.4 Å². The number of benzene rings is 2. The van der Waals surface area contributed by atoms with Crippen molar-refractivity contribution in [3.8, 4) is 34.5 Å². The Labute approximate surface area is 136 Å². The van der Waals surface area contributed by atoms with E-state index in [-0.39, 0.29) is 0 Å². The van der Waals surface area contributed by atoms with Crippen LogP contribution in [0.15, 0.2) is 36.4 Å². The van der Waals surface area contributed by atoms with Gasteiger partial charge in [0.25, 0.3) is 0 Å². The van der Waals surface area contributed by atoms with E-state index in [9.17, 15) is 0 Å². The zero-order valence-corrected chi connectivity index (χ0v) is 13.9. The first-order valence-electron chi connectivity index (χ1n) is 7.52. The maximum absolute atomic E-state index is 6.09. The smallest absolute Gasteiger partial charge is 0.211 e. The fourth-order valence-corrected chi connectivity index (χ4v) is 2.15. The van der Waals surface area contributed by atoms with Gasteiger partial charge in [0, 0.05) is 0 Å². The summed E-state index contributed by atoms with van der Waals surface area (Å²) in [6.45, 7) is 4.87. The second-order valence-electron chi connectivity index (χ2n) is 4.54. The van der Waals surface area contributed by atoms with Crippen LogP contribution in [0.4, 0.5) is 0 Å². The highest BCUT2D eigenvalue weighted by Gasteiger charge is 2.19. The molecule has 2 rings (SSSR count). The summed E-state index contributed by atoms with van der Waals surface area (Å²) in [5, 5.41) is 0. The average Bonchev–Trinajstić information content (AvgIpc) is 2.58. The molecule has 5 heteroatoms. The molecule has 0 aliphatic carbocycles. The third-order valence-corrected chi connectivity index (χ3v) is 3.13. The Kier molecular flexibility index (Phi) is 5.97. The van der Waals surface area contributed by atoms with Gasteiger partial charge in [-0.2, -0.15) is 0 Å². The van der Waals surface area contributed by atoms with Crippen LogP contribution in [0.1, 0.15) is 13.8 Å². The molecule has 0 saturated carbocycles. The highest BCUT2D eigenvalue weighted by atomic mass is 16.6. The fourth-order valence-electron chi connectivity index (χ4n) is 2.15. The largest absolute Gasteiger partial charge is 0.493 e. The van der Waals surface area contributed by atoms with E-state index in [1.165, 1.54) is 0 Å².